The number of aromatic amines is 1. The highest BCUT2D eigenvalue weighted by Crippen LogP contribution is 2.40. The molecular formula is C26H32N4O4S. The molecule has 9 heteroatoms. The minimum atomic E-state index is -0.503. The third-order valence-electron chi connectivity index (χ3n) is 6.23. The average Bonchev–Trinajstić information content (AvgIpc) is 3.48. The van der Waals surface area contributed by atoms with E-state index < -0.39 is 6.09 Å². The molecule has 4 rings (SSSR count). The number of methoxy groups -OCH3 is 1. The Balaban J connectivity index is 1.83. The summed E-state index contributed by atoms with van der Waals surface area (Å²) in [4.78, 5) is 19.0. The van der Waals surface area contributed by atoms with Crippen LogP contribution in [-0.4, -0.2) is 59.9 Å². The zero-order chi connectivity index (χ0) is 25.3. The topological polar surface area (TPSA) is 83.0 Å². The first-order chi connectivity index (χ1) is 16.7. The Labute approximate surface area is 210 Å². The Hall–Kier alpha value is -3.46. The molecule has 0 saturated carbocycles. The van der Waals surface area contributed by atoms with Gasteiger partial charge in [-0.3, -0.25) is 4.57 Å². The molecule has 3 aromatic rings. The molecule has 8 nitrogen and oxygen atoms in total. The number of amides is 1. The van der Waals surface area contributed by atoms with Crippen LogP contribution in [-0.2, 0) is 0 Å². The molecule has 0 aliphatic carbocycles. The van der Waals surface area contributed by atoms with Crippen LogP contribution in [0, 0.1) is 4.77 Å². The summed E-state index contributed by atoms with van der Waals surface area (Å²) >= 11 is 5.64. The quantitative estimate of drug-likeness (QED) is 0.426. The van der Waals surface area contributed by atoms with E-state index in [9.17, 15) is 9.90 Å². The Kier molecular flexibility index (Phi) is 7.07. The van der Waals surface area contributed by atoms with Crippen molar-refractivity contribution in [1.82, 2.24) is 14.5 Å². The van der Waals surface area contributed by atoms with Crippen molar-refractivity contribution in [3.63, 3.8) is 0 Å². The van der Waals surface area contributed by atoms with Crippen molar-refractivity contribution >= 4 is 24.0 Å². The molecule has 0 atom stereocenters. The Morgan fingerprint density at radius 2 is 1.86 bits per heavy atom. The molecule has 0 unspecified atom stereocenters. The summed E-state index contributed by atoms with van der Waals surface area (Å²) in [5.74, 6) is 1.20. The maximum absolute atomic E-state index is 12.2. The van der Waals surface area contributed by atoms with E-state index in [0.29, 0.717) is 21.8 Å². The van der Waals surface area contributed by atoms with Gasteiger partial charge in [-0.05, 0) is 60.8 Å². The lowest BCUT2D eigenvalue weighted by atomic mass is 9.97. The van der Waals surface area contributed by atoms with Gasteiger partial charge in [0.25, 0.3) is 0 Å². The lowest BCUT2D eigenvalue weighted by Gasteiger charge is -2.22. The molecule has 0 spiro atoms. The minimum absolute atomic E-state index is 0.00742. The minimum Gasteiger partial charge on any atom is -0.507 e. The molecule has 1 fully saturated rings. The first-order valence-electron chi connectivity index (χ1n) is 11.7. The number of aromatic hydroxyl groups is 1. The Morgan fingerprint density at radius 3 is 2.49 bits per heavy atom. The molecule has 1 aliphatic rings. The zero-order valence-corrected chi connectivity index (χ0v) is 21.6. The maximum atomic E-state index is 12.2. The number of carbonyl (C=O) groups is 1. The van der Waals surface area contributed by atoms with Crippen LogP contribution in [0.3, 0.4) is 0 Å². The second-order valence-corrected chi connectivity index (χ2v) is 9.58. The number of aromatic nitrogens is 2. The summed E-state index contributed by atoms with van der Waals surface area (Å²) in [6.07, 6.45) is 3.58. The number of ether oxygens (including phenoxy) is 2. The summed E-state index contributed by atoms with van der Waals surface area (Å²) in [5.41, 5.74) is 3.98. The molecule has 2 heterocycles. The van der Waals surface area contributed by atoms with E-state index in [4.69, 9.17) is 21.7 Å². The number of phenolic OH excluding ortho intramolecular Hbond substituents is 1. The third-order valence-corrected chi connectivity index (χ3v) is 6.53. The van der Waals surface area contributed by atoms with E-state index in [1.54, 1.807) is 27.4 Å². The highest BCUT2D eigenvalue weighted by molar-refractivity contribution is 7.71. The number of benzene rings is 2. The van der Waals surface area contributed by atoms with E-state index in [0.717, 1.165) is 48.6 Å². The van der Waals surface area contributed by atoms with Gasteiger partial charge in [-0.25, -0.2) is 4.79 Å². The van der Waals surface area contributed by atoms with Crippen LogP contribution < -0.4 is 14.4 Å². The van der Waals surface area contributed by atoms with Crippen molar-refractivity contribution < 1.29 is 19.4 Å². The summed E-state index contributed by atoms with van der Waals surface area (Å²) in [7, 11) is 4.91. The second-order valence-electron chi connectivity index (χ2n) is 9.19. The molecule has 186 valence electrons. The molecule has 0 bridgehead atoms. The summed E-state index contributed by atoms with van der Waals surface area (Å²) in [5, 5.41) is 11.0. The van der Waals surface area contributed by atoms with Gasteiger partial charge in [0, 0.05) is 45.0 Å². The van der Waals surface area contributed by atoms with Gasteiger partial charge in [-0.2, -0.15) is 0 Å². The summed E-state index contributed by atoms with van der Waals surface area (Å²) in [6.45, 7) is 5.99. The number of phenols is 1. The molecule has 1 aromatic heterocycles. The third kappa shape index (κ3) is 4.86. The molecule has 2 aromatic carbocycles. The van der Waals surface area contributed by atoms with Gasteiger partial charge in [0.05, 0.1) is 24.2 Å². The Bertz CT molecular complexity index is 1290. The number of carbonyl (C=O) groups excluding carboxylic acids is 1. The largest absolute Gasteiger partial charge is 0.507 e. The predicted octanol–water partition coefficient (Wildman–Crippen LogP) is 5.70. The fourth-order valence-corrected chi connectivity index (χ4v) is 4.62. The number of nitrogens with one attached hydrogen (secondary N) is 1. The van der Waals surface area contributed by atoms with E-state index in [-0.39, 0.29) is 11.7 Å². The van der Waals surface area contributed by atoms with Crippen molar-refractivity contribution in [3.05, 3.63) is 46.9 Å². The van der Waals surface area contributed by atoms with Gasteiger partial charge in [0.15, 0.2) is 4.77 Å². The molecule has 0 radical (unpaired) electrons. The van der Waals surface area contributed by atoms with Gasteiger partial charge < -0.3 is 29.4 Å². The number of imidazole rings is 1. The highest BCUT2D eigenvalue weighted by atomic mass is 32.1. The molecular weight excluding hydrogens is 464 g/mol. The van der Waals surface area contributed by atoms with Gasteiger partial charge in [0.1, 0.15) is 17.2 Å². The lowest BCUT2D eigenvalue weighted by Crippen LogP contribution is -2.25. The van der Waals surface area contributed by atoms with Crippen LogP contribution in [0.2, 0.25) is 0 Å². The van der Waals surface area contributed by atoms with Crippen LogP contribution >= 0.6 is 12.2 Å². The SMILES string of the molecule is COc1ccc(-n2c(-c3cc(C(C)C)c(OC(=O)N(C)C)cc3O)c[nH]c2=S)cc1N1CCCC1. The number of hydrogen-bond acceptors (Lipinski definition) is 6. The normalized spacial score (nSPS) is 13.4. The smallest absolute Gasteiger partial charge is 0.414 e. The first-order valence-corrected chi connectivity index (χ1v) is 12.1. The lowest BCUT2D eigenvalue weighted by molar-refractivity contribution is 0.171. The van der Waals surface area contributed by atoms with E-state index in [2.05, 4.69) is 16.0 Å². The van der Waals surface area contributed by atoms with Gasteiger partial charge in [-0.1, -0.05) is 13.8 Å². The molecule has 1 saturated heterocycles. The fraction of sp³-hybridized carbons (Fsp3) is 0.385. The predicted molar refractivity (Wildman–Crippen MR) is 140 cm³/mol. The van der Waals surface area contributed by atoms with Crippen molar-refractivity contribution in [2.45, 2.75) is 32.6 Å². The van der Waals surface area contributed by atoms with Gasteiger partial charge in [0.2, 0.25) is 0 Å². The highest BCUT2D eigenvalue weighted by Gasteiger charge is 2.22. The van der Waals surface area contributed by atoms with E-state index in [1.165, 1.54) is 11.0 Å². The van der Waals surface area contributed by atoms with Crippen molar-refractivity contribution in [1.29, 1.82) is 0 Å². The average molecular weight is 497 g/mol. The number of hydrogen-bond donors (Lipinski definition) is 2. The molecule has 2 N–H and O–H groups in total. The number of H-pyrrole nitrogens is 1. The second kappa shape index (κ2) is 10.0. The monoisotopic (exact) mass is 496 g/mol. The van der Waals surface area contributed by atoms with Gasteiger partial charge in [-0.15, -0.1) is 0 Å². The van der Waals surface area contributed by atoms with E-state index in [1.807, 2.05) is 36.6 Å². The molecule has 1 amide bonds. The van der Waals surface area contributed by atoms with Crippen molar-refractivity contribution in [2.75, 3.05) is 39.2 Å². The zero-order valence-electron chi connectivity index (χ0n) is 20.8. The number of nitrogens with zero attached hydrogens (tertiary/aromatic N) is 3. The van der Waals surface area contributed by atoms with Crippen molar-refractivity contribution in [3.8, 4) is 34.2 Å². The standard InChI is InChI=1S/C26H32N4O4S/c1-16(2)18-13-19(22(31)14-24(18)34-26(32)28(3)4)21-15-27-25(35)30(21)17-8-9-23(33-5)20(12-17)29-10-6-7-11-29/h8-9,12-16,31H,6-7,10-11H2,1-5H3,(H,27,35). The Morgan fingerprint density at radius 1 is 1.14 bits per heavy atom. The number of rotatable bonds is 6. The van der Waals surface area contributed by atoms with Gasteiger partial charge >= 0.3 is 6.09 Å². The summed E-state index contributed by atoms with van der Waals surface area (Å²) < 4.78 is 13.6. The van der Waals surface area contributed by atoms with Crippen LogP contribution in [0.5, 0.6) is 17.2 Å². The van der Waals surface area contributed by atoms with Crippen LogP contribution in [0.4, 0.5) is 10.5 Å². The fourth-order valence-electron chi connectivity index (χ4n) is 4.36. The van der Waals surface area contributed by atoms with Crippen LogP contribution in [0.15, 0.2) is 36.5 Å². The molecule has 35 heavy (non-hydrogen) atoms. The van der Waals surface area contributed by atoms with Crippen LogP contribution in [0.1, 0.15) is 38.2 Å². The summed E-state index contributed by atoms with van der Waals surface area (Å²) in [6, 6.07) is 9.34. The maximum Gasteiger partial charge on any atom is 0.414 e. The molecule has 1 aliphatic heterocycles. The van der Waals surface area contributed by atoms with E-state index >= 15 is 0 Å². The van der Waals surface area contributed by atoms with Crippen molar-refractivity contribution in [2.24, 2.45) is 0 Å². The van der Waals surface area contributed by atoms with Crippen LogP contribution in [0.25, 0.3) is 16.9 Å². The number of anilines is 1. The first kappa shape index (κ1) is 24.7.